The van der Waals surface area contributed by atoms with Crippen molar-refractivity contribution in [2.24, 2.45) is 16.7 Å². The fourth-order valence-electron chi connectivity index (χ4n) is 3.68. The maximum atomic E-state index is 12.8. The van der Waals surface area contributed by atoms with Crippen molar-refractivity contribution in [3.8, 4) is 0 Å². The highest BCUT2D eigenvalue weighted by Gasteiger charge is 2.58. The molecule has 0 heterocycles. The molecule has 1 amide bonds. The van der Waals surface area contributed by atoms with Crippen LogP contribution in [0.1, 0.15) is 50.9 Å². The van der Waals surface area contributed by atoms with E-state index in [0.717, 1.165) is 0 Å². The van der Waals surface area contributed by atoms with Crippen molar-refractivity contribution in [2.75, 3.05) is 19.0 Å². The van der Waals surface area contributed by atoms with Crippen LogP contribution in [-0.2, 0) is 19.1 Å². The van der Waals surface area contributed by atoms with E-state index in [-0.39, 0.29) is 17.8 Å². The molecular formula is C20H27NO5. The highest BCUT2D eigenvalue weighted by Crippen LogP contribution is 2.56. The molecule has 6 nitrogen and oxygen atoms in total. The predicted octanol–water partition coefficient (Wildman–Crippen LogP) is 3.42. The van der Waals surface area contributed by atoms with Gasteiger partial charge in [-0.3, -0.25) is 9.59 Å². The number of anilines is 1. The number of nitrogens with one attached hydrogen (secondary N) is 1. The second-order valence-corrected chi connectivity index (χ2v) is 7.42. The molecule has 0 aliphatic heterocycles. The molecule has 1 N–H and O–H groups in total. The Balaban J connectivity index is 2.11. The fourth-order valence-corrected chi connectivity index (χ4v) is 3.68. The molecule has 1 fully saturated rings. The van der Waals surface area contributed by atoms with E-state index >= 15 is 0 Å². The Labute approximate surface area is 154 Å². The summed E-state index contributed by atoms with van der Waals surface area (Å²) in [5, 5.41) is 2.89. The molecule has 1 aliphatic rings. The van der Waals surface area contributed by atoms with E-state index in [1.807, 2.05) is 20.8 Å². The Bertz CT molecular complexity index is 695. The summed E-state index contributed by atoms with van der Waals surface area (Å²) in [6.07, 6.45) is 1.22. The van der Waals surface area contributed by atoms with Gasteiger partial charge in [0.1, 0.15) is 0 Å². The average molecular weight is 361 g/mol. The van der Waals surface area contributed by atoms with Gasteiger partial charge in [0.25, 0.3) is 0 Å². The maximum absolute atomic E-state index is 12.8. The van der Waals surface area contributed by atoms with E-state index in [0.29, 0.717) is 30.7 Å². The summed E-state index contributed by atoms with van der Waals surface area (Å²) in [5.74, 6) is -1.12. The number of carbonyl (C=O) groups excluding carboxylic acids is 3. The summed E-state index contributed by atoms with van der Waals surface area (Å²) in [6, 6.07) is 6.58. The van der Waals surface area contributed by atoms with Gasteiger partial charge in [0.05, 0.1) is 24.7 Å². The van der Waals surface area contributed by atoms with Gasteiger partial charge in [0.2, 0.25) is 5.91 Å². The van der Waals surface area contributed by atoms with Crippen LogP contribution in [0, 0.1) is 16.7 Å². The first kappa shape index (κ1) is 19.9. The standard InChI is InChI=1S/C20H27NO5/c1-6-26-17(23)13-7-9-14(10-8-13)21-16(22)15-11-12-20(4,18(24)25-5)19(15,2)3/h7-10,15H,6,11-12H2,1-5H3,(H,21,22). The minimum absolute atomic E-state index is 0.133. The summed E-state index contributed by atoms with van der Waals surface area (Å²) >= 11 is 0. The van der Waals surface area contributed by atoms with Crippen molar-refractivity contribution in [1.82, 2.24) is 0 Å². The summed E-state index contributed by atoms with van der Waals surface area (Å²) in [6.45, 7) is 7.79. The van der Waals surface area contributed by atoms with Crippen LogP contribution in [0.5, 0.6) is 0 Å². The predicted molar refractivity (Wildman–Crippen MR) is 97.7 cm³/mol. The molecule has 0 aromatic heterocycles. The lowest BCUT2D eigenvalue weighted by molar-refractivity contribution is -0.158. The minimum atomic E-state index is -0.697. The van der Waals surface area contributed by atoms with Crippen molar-refractivity contribution in [3.63, 3.8) is 0 Å². The first-order valence-corrected chi connectivity index (χ1v) is 8.84. The van der Waals surface area contributed by atoms with Crippen molar-refractivity contribution >= 4 is 23.5 Å². The Morgan fingerprint density at radius 1 is 1.15 bits per heavy atom. The number of benzene rings is 1. The molecule has 0 bridgehead atoms. The van der Waals surface area contributed by atoms with E-state index in [9.17, 15) is 14.4 Å². The topological polar surface area (TPSA) is 81.7 Å². The monoisotopic (exact) mass is 361 g/mol. The van der Waals surface area contributed by atoms with Crippen LogP contribution in [-0.4, -0.2) is 31.6 Å². The van der Waals surface area contributed by atoms with Crippen LogP contribution in [0.25, 0.3) is 0 Å². The third-order valence-electron chi connectivity index (χ3n) is 5.84. The van der Waals surface area contributed by atoms with Gasteiger partial charge in [-0.15, -0.1) is 0 Å². The van der Waals surface area contributed by atoms with Gasteiger partial charge < -0.3 is 14.8 Å². The quantitative estimate of drug-likeness (QED) is 0.813. The average Bonchev–Trinajstić information content (AvgIpc) is 2.85. The largest absolute Gasteiger partial charge is 0.469 e. The van der Waals surface area contributed by atoms with Crippen LogP contribution in [0.2, 0.25) is 0 Å². The molecule has 1 aromatic rings. The highest BCUT2D eigenvalue weighted by molar-refractivity contribution is 5.95. The van der Waals surface area contributed by atoms with Crippen LogP contribution < -0.4 is 5.32 Å². The van der Waals surface area contributed by atoms with E-state index in [4.69, 9.17) is 9.47 Å². The van der Waals surface area contributed by atoms with Gasteiger partial charge in [-0.1, -0.05) is 13.8 Å². The molecule has 1 aromatic carbocycles. The lowest BCUT2D eigenvalue weighted by Gasteiger charge is -2.38. The number of ether oxygens (including phenoxy) is 2. The molecular weight excluding hydrogens is 334 g/mol. The number of esters is 2. The van der Waals surface area contributed by atoms with Crippen molar-refractivity contribution in [2.45, 2.75) is 40.5 Å². The van der Waals surface area contributed by atoms with Crippen LogP contribution >= 0.6 is 0 Å². The lowest BCUT2D eigenvalue weighted by Crippen LogP contribution is -2.44. The van der Waals surface area contributed by atoms with Gasteiger partial charge >= 0.3 is 11.9 Å². The van der Waals surface area contributed by atoms with Crippen molar-refractivity contribution < 1.29 is 23.9 Å². The molecule has 0 saturated heterocycles. The number of rotatable bonds is 5. The van der Waals surface area contributed by atoms with Gasteiger partial charge in [-0.2, -0.15) is 0 Å². The van der Waals surface area contributed by atoms with E-state index in [1.54, 1.807) is 31.2 Å². The molecule has 1 saturated carbocycles. The van der Waals surface area contributed by atoms with Gasteiger partial charge in [-0.25, -0.2) is 4.79 Å². The van der Waals surface area contributed by atoms with E-state index < -0.39 is 16.8 Å². The molecule has 2 rings (SSSR count). The molecule has 2 atom stereocenters. The smallest absolute Gasteiger partial charge is 0.338 e. The third-order valence-corrected chi connectivity index (χ3v) is 5.84. The van der Waals surface area contributed by atoms with Crippen molar-refractivity contribution in [3.05, 3.63) is 29.8 Å². The first-order valence-electron chi connectivity index (χ1n) is 8.84. The summed E-state index contributed by atoms with van der Waals surface area (Å²) in [5.41, 5.74) is -0.193. The molecule has 0 radical (unpaired) electrons. The Hall–Kier alpha value is -2.37. The number of carbonyl (C=O) groups is 3. The van der Waals surface area contributed by atoms with Gasteiger partial charge in [0, 0.05) is 11.6 Å². The molecule has 26 heavy (non-hydrogen) atoms. The Morgan fingerprint density at radius 3 is 2.31 bits per heavy atom. The molecule has 2 unspecified atom stereocenters. The van der Waals surface area contributed by atoms with Crippen molar-refractivity contribution in [1.29, 1.82) is 0 Å². The number of methoxy groups -OCH3 is 1. The Morgan fingerprint density at radius 2 is 1.77 bits per heavy atom. The number of hydrogen-bond acceptors (Lipinski definition) is 5. The molecule has 6 heteroatoms. The second kappa shape index (κ2) is 7.48. The highest BCUT2D eigenvalue weighted by atomic mass is 16.5. The lowest BCUT2D eigenvalue weighted by atomic mass is 9.65. The summed E-state index contributed by atoms with van der Waals surface area (Å²) in [7, 11) is 1.38. The zero-order valence-electron chi connectivity index (χ0n) is 16.0. The maximum Gasteiger partial charge on any atom is 0.338 e. The molecule has 0 spiro atoms. The van der Waals surface area contributed by atoms with E-state index in [2.05, 4.69) is 5.32 Å². The number of amides is 1. The minimum Gasteiger partial charge on any atom is -0.469 e. The normalized spacial score (nSPS) is 24.0. The van der Waals surface area contributed by atoms with Crippen LogP contribution in [0.4, 0.5) is 5.69 Å². The van der Waals surface area contributed by atoms with E-state index in [1.165, 1.54) is 7.11 Å². The van der Waals surface area contributed by atoms with Crippen LogP contribution in [0.15, 0.2) is 24.3 Å². The summed E-state index contributed by atoms with van der Waals surface area (Å²) in [4.78, 5) is 36.7. The second-order valence-electron chi connectivity index (χ2n) is 7.42. The first-order chi connectivity index (χ1) is 12.2. The van der Waals surface area contributed by atoms with Gasteiger partial charge in [0.15, 0.2) is 0 Å². The molecule has 1 aliphatic carbocycles. The zero-order chi connectivity index (χ0) is 19.5. The fraction of sp³-hybridized carbons (Fsp3) is 0.550. The summed E-state index contributed by atoms with van der Waals surface area (Å²) < 4.78 is 9.90. The zero-order valence-corrected chi connectivity index (χ0v) is 16.0. The molecule has 142 valence electrons. The van der Waals surface area contributed by atoms with Gasteiger partial charge in [-0.05, 0) is 56.4 Å². The Kier molecular flexibility index (Phi) is 5.74. The number of hydrogen-bond donors (Lipinski definition) is 1. The van der Waals surface area contributed by atoms with Crippen LogP contribution in [0.3, 0.4) is 0 Å². The SMILES string of the molecule is CCOC(=O)c1ccc(NC(=O)C2CCC(C)(C(=O)OC)C2(C)C)cc1. The third kappa shape index (κ3) is 3.45.